The highest BCUT2D eigenvalue weighted by Gasteiger charge is 2.16. The molecule has 0 bridgehead atoms. The van der Waals surface area contributed by atoms with Gasteiger partial charge in [0.05, 0.1) is 12.0 Å². The minimum atomic E-state index is -1.73. The van der Waals surface area contributed by atoms with Gasteiger partial charge in [-0.15, -0.1) is 0 Å². The first kappa shape index (κ1) is 12.0. The van der Waals surface area contributed by atoms with Crippen molar-refractivity contribution < 1.29 is 19.3 Å². The van der Waals surface area contributed by atoms with Gasteiger partial charge in [-0.2, -0.15) is 0 Å². The second-order valence-corrected chi connectivity index (χ2v) is 4.16. The van der Waals surface area contributed by atoms with E-state index in [1.165, 1.54) is 19.2 Å². The van der Waals surface area contributed by atoms with E-state index in [0.717, 1.165) is 0 Å². The monoisotopic (exact) mass is 245 g/mol. The third-order valence-corrected chi connectivity index (χ3v) is 2.48. The van der Waals surface area contributed by atoms with Gasteiger partial charge in [0.2, 0.25) is 0 Å². The molecule has 0 aliphatic carbocycles. The average Bonchev–Trinajstić information content (AvgIpc) is 2.18. The lowest BCUT2D eigenvalue weighted by atomic mass is 10.2. The van der Waals surface area contributed by atoms with Crippen molar-refractivity contribution in [3.8, 4) is 5.75 Å². The maximum absolute atomic E-state index is 11.4. The minimum absolute atomic E-state index is 0.0566. The van der Waals surface area contributed by atoms with E-state index in [4.69, 9.17) is 16.8 Å². The summed E-state index contributed by atoms with van der Waals surface area (Å²) >= 11 is 4.70. The number of hydrogen-bond donors (Lipinski definition) is 1. The highest BCUT2D eigenvalue weighted by atomic mass is 32.7. The summed E-state index contributed by atoms with van der Waals surface area (Å²) in [7, 11) is -0.416. The molecular formula is C8H8NO4PS. The Morgan fingerprint density at radius 2 is 2.20 bits per heavy atom. The van der Waals surface area contributed by atoms with Gasteiger partial charge in [-0.3, -0.25) is 0 Å². The van der Waals surface area contributed by atoms with Gasteiger partial charge >= 0.3 is 13.1 Å². The Morgan fingerprint density at radius 3 is 2.80 bits per heavy atom. The van der Waals surface area contributed by atoms with E-state index < -0.39 is 13.1 Å². The SMILES string of the molecule is CON=[P+]([S-])OC(=O)c1ccccc1O. The summed E-state index contributed by atoms with van der Waals surface area (Å²) in [5.41, 5.74) is 0.0566. The molecule has 1 N–H and O–H groups in total. The fourth-order valence-electron chi connectivity index (χ4n) is 0.850. The van der Waals surface area contributed by atoms with Crippen LogP contribution in [-0.4, -0.2) is 18.2 Å². The molecule has 5 nitrogen and oxygen atoms in total. The van der Waals surface area contributed by atoms with Crippen molar-refractivity contribution in [3.05, 3.63) is 29.8 Å². The van der Waals surface area contributed by atoms with Gasteiger partial charge in [0.25, 0.3) is 0 Å². The standard InChI is InChI=1S/C8H8NO4PS/c1-12-9-14(15)13-8(11)6-4-2-3-5-7(6)10/h2-5,10H,1H3. The number of phenols is 1. The van der Waals surface area contributed by atoms with Crippen molar-refractivity contribution in [1.82, 2.24) is 0 Å². The molecule has 0 spiro atoms. The predicted octanol–water partition coefficient (Wildman–Crippen LogP) is 2.15. The van der Waals surface area contributed by atoms with Crippen molar-refractivity contribution in [3.63, 3.8) is 0 Å². The fourth-order valence-corrected chi connectivity index (χ4v) is 1.66. The molecule has 0 saturated heterocycles. The van der Waals surface area contributed by atoms with E-state index in [-0.39, 0.29) is 11.3 Å². The Hall–Kier alpha value is -1.10. The van der Waals surface area contributed by atoms with E-state index in [0.29, 0.717) is 0 Å². The molecule has 1 atom stereocenters. The second-order valence-electron chi connectivity index (χ2n) is 2.40. The van der Waals surface area contributed by atoms with E-state index >= 15 is 0 Å². The molecule has 1 aromatic carbocycles. The van der Waals surface area contributed by atoms with Crippen LogP contribution in [-0.2, 0) is 21.6 Å². The zero-order valence-electron chi connectivity index (χ0n) is 7.78. The van der Waals surface area contributed by atoms with Gasteiger partial charge in [0, 0.05) is 0 Å². The van der Waals surface area contributed by atoms with Crippen LogP contribution in [0.1, 0.15) is 10.4 Å². The summed E-state index contributed by atoms with van der Waals surface area (Å²) in [5, 5.41) is 9.33. The van der Waals surface area contributed by atoms with Gasteiger partial charge < -0.3 is 17.4 Å². The van der Waals surface area contributed by atoms with Crippen LogP contribution >= 0.6 is 7.14 Å². The first-order chi connectivity index (χ1) is 7.15. The molecule has 0 radical (unpaired) electrons. The average molecular weight is 245 g/mol. The quantitative estimate of drug-likeness (QED) is 0.502. The number of phenolic OH excluding ortho intramolecular Hbond substituents is 1. The van der Waals surface area contributed by atoms with Crippen LogP contribution in [0.3, 0.4) is 0 Å². The first-order valence-corrected chi connectivity index (χ1v) is 6.09. The van der Waals surface area contributed by atoms with Crippen LogP contribution < -0.4 is 0 Å². The largest absolute Gasteiger partial charge is 0.507 e. The molecule has 0 heterocycles. The molecular weight excluding hydrogens is 237 g/mol. The van der Waals surface area contributed by atoms with Gasteiger partial charge in [0.1, 0.15) is 11.3 Å². The van der Waals surface area contributed by atoms with Crippen LogP contribution in [0.2, 0.25) is 0 Å². The number of carbonyl (C=O) groups is 1. The van der Waals surface area contributed by atoms with Crippen molar-refractivity contribution in [2.45, 2.75) is 0 Å². The summed E-state index contributed by atoms with van der Waals surface area (Å²) in [6.45, 7) is 0. The van der Waals surface area contributed by atoms with Crippen LogP contribution in [0.15, 0.2) is 29.2 Å². The summed E-state index contributed by atoms with van der Waals surface area (Å²) in [6, 6.07) is 6.02. The van der Waals surface area contributed by atoms with Crippen LogP contribution in [0, 0.1) is 0 Å². The van der Waals surface area contributed by atoms with E-state index in [1.54, 1.807) is 12.1 Å². The highest BCUT2D eigenvalue weighted by molar-refractivity contribution is 8.27. The topological polar surface area (TPSA) is 68.1 Å². The molecule has 0 aliphatic heterocycles. The van der Waals surface area contributed by atoms with Crippen LogP contribution in [0.25, 0.3) is 0 Å². The molecule has 1 unspecified atom stereocenters. The highest BCUT2D eigenvalue weighted by Crippen LogP contribution is 2.27. The Labute approximate surface area is 92.7 Å². The minimum Gasteiger partial charge on any atom is -0.507 e. The lowest BCUT2D eigenvalue weighted by Crippen LogP contribution is -1.99. The van der Waals surface area contributed by atoms with Crippen molar-refractivity contribution in [2.75, 3.05) is 7.11 Å². The Balaban J connectivity index is 2.78. The van der Waals surface area contributed by atoms with Crippen LogP contribution in [0.5, 0.6) is 5.75 Å². The van der Waals surface area contributed by atoms with Gasteiger partial charge in [-0.05, 0) is 12.1 Å². The molecule has 0 aromatic heterocycles. The number of para-hydroxylation sites is 1. The lowest BCUT2D eigenvalue weighted by Gasteiger charge is -1.99. The molecule has 1 rings (SSSR count). The molecule has 80 valence electrons. The number of carbonyl (C=O) groups excluding carboxylic acids is 1. The first-order valence-electron chi connectivity index (χ1n) is 3.87. The van der Waals surface area contributed by atoms with Crippen LogP contribution in [0.4, 0.5) is 0 Å². The fraction of sp³-hybridized carbons (Fsp3) is 0.125. The molecule has 0 aliphatic rings. The zero-order valence-corrected chi connectivity index (χ0v) is 9.49. The predicted molar refractivity (Wildman–Crippen MR) is 57.2 cm³/mol. The molecule has 7 heteroatoms. The lowest BCUT2D eigenvalue weighted by molar-refractivity contribution is 0.0753. The van der Waals surface area contributed by atoms with Crippen molar-refractivity contribution in [1.29, 1.82) is 0 Å². The van der Waals surface area contributed by atoms with E-state index in [2.05, 4.69) is 9.75 Å². The smallest absolute Gasteiger partial charge is 0.394 e. The van der Waals surface area contributed by atoms with E-state index in [1.807, 2.05) is 0 Å². The maximum atomic E-state index is 11.4. The van der Waals surface area contributed by atoms with E-state index in [9.17, 15) is 9.90 Å². The Morgan fingerprint density at radius 1 is 1.53 bits per heavy atom. The summed E-state index contributed by atoms with van der Waals surface area (Å²) in [6.07, 6.45) is 0. The number of nitrogens with zero attached hydrogens (tertiary/aromatic N) is 1. The molecule has 15 heavy (non-hydrogen) atoms. The Kier molecular flexibility index (Phi) is 4.55. The number of rotatable bonds is 3. The summed E-state index contributed by atoms with van der Waals surface area (Å²) in [5.74, 6) is -0.867. The summed E-state index contributed by atoms with van der Waals surface area (Å²) in [4.78, 5) is 19.2. The third kappa shape index (κ3) is 3.51. The third-order valence-electron chi connectivity index (χ3n) is 1.43. The van der Waals surface area contributed by atoms with Crippen molar-refractivity contribution in [2.24, 2.45) is 4.91 Å². The second kappa shape index (κ2) is 5.70. The number of hydrogen-bond acceptors (Lipinski definition) is 6. The zero-order chi connectivity index (χ0) is 11.3. The van der Waals surface area contributed by atoms with Gasteiger partial charge in [-0.1, -0.05) is 12.1 Å². The molecule has 0 fully saturated rings. The molecule has 0 amide bonds. The number of aromatic hydroxyl groups is 1. The number of benzene rings is 1. The van der Waals surface area contributed by atoms with Gasteiger partial charge in [0.15, 0.2) is 0 Å². The summed E-state index contributed by atoms with van der Waals surface area (Å²) < 4.78 is 4.75. The molecule has 1 aromatic rings. The Bertz CT molecular complexity index is 396. The molecule has 0 saturated carbocycles. The van der Waals surface area contributed by atoms with Gasteiger partial charge in [-0.25, -0.2) is 14.2 Å². The maximum Gasteiger partial charge on any atom is 0.394 e. The van der Waals surface area contributed by atoms with Crippen molar-refractivity contribution >= 4 is 25.4 Å². The normalized spacial score (nSPS) is 11.2.